The lowest BCUT2D eigenvalue weighted by molar-refractivity contribution is -0.118. The van der Waals surface area contributed by atoms with Crippen LogP contribution in [-0.4, -0.2) is 32.2 Å². The zero-order valence-electron chi connectivity index (χ0n) is 20.1. The summed E-state index contributed by atoms with van der Waals surface area (Å²) in [5.41, 5.74) is 2.36. The SMILES string of the molecule is CCOC(=O)c1ccc(NC(=O)COc2c(-c3ccc(OC)cc3)oc3ccc(C)cc3c2=O)cc1. The molecular formula is C28H25NO7. The summed E-state index contributed by atoms with van der Waals surface area (Å²) in [5.74, 6) is -0.128. The summed E-state index contributed by atoms with van der Waals surface area (Å²) in [4.78, 5) is 37.7. The first-order valence-electron chi connectivity index (χ1n) is 11.3. The van der Waals surface area contributed by atoms with Gasteiger partial charge in [-0.25, -0.2) is 4.79 Å². The number of rotatable bonds is 8. The first-order valence-corrected chi connectivity index (χ1v) is 11.3. The number of anilines is 1. The standard InChI is InChI=1S/C28H25NO7/c1-4-34-28(32)19-6-10-20(11-7-19)29-24(30)16-35-27-25(31)22-15-17(2)5-14-23(22)36-26(27)18-8-12-21(33-3)13-9-18/h5-15H,4,16H2,1-3H3,(H,29,30). The molecular weight excluding hydrogens is 462 g/mol. The average Bonchev–Trinajstić information content (AvgIpc) is 2.89. The highest BCUT2D eigenvalue weighted by molar-refractivity contribution is 5.94. The van der Waals surface area contributed by atoms with Crippen molar-refractivity contribution in [2.75, 3.05) is 25.6 Å². The smallest absolute Gasteiger partial charge is 0.338 e. The van der Waals surface area contributed by atoms with Crippen LogP contribution in [0.4, 0.5) is 5.69 Å². The fraction of sp³-hybridized carbons (Fsp3) is 0.179. The summed E-state index contributed by atoms with van der Waals surface area (Å²) in [5, 5.41) is 3.04. The summed E-state index contributed by atoms with van der Waals surface area (Å²) in [6.07, 6.45) is 0. The van der Waals surface area contributed by atoms with Gasteiger partial charge in [-0.15, -0.1) is 0 Å². The monoisotopic (exact) mass is 487 g/mol. The van der Waals surface area contributed by atoms with Gasteiger partial charge in [-0.2, -0.15) is 0 Å². The van der Waals surface area contributed by atoms with E-state index in [4.69, 9.17) is 18.6 Å². The van der Waals surface area contributed by atoms with Crippen molar-refractivity contribution in [1.82, 2.24) is 0 Å². The molecule has 1 heterocycles. The maximum absolute atomic E-state index is 13.3. The lowest BCUT2D eigenvalue weighted by Gasteiger charge is -2.13. The van der Waals surface area contributed by atoms with Gasteiger partial charge in [0.25, 0.3) is 5.91 Å². The van der Waals surface area contributed by atoms with Gasteiger partial charge in [0.1, 0.15) is 11.3 Å². The Kier molecular flexibility index (Phi) is 7.34. The van der Waals surface area contributed by atoms with Crippen molar-refractivity contribution in [1.29, 1.82) is 0 Å². The molecule has 1 N–H and O–H groups in total. The Morgan fingerprint density at radius 2 is 1.69 bits per heavy atom. The van der Waals surface area contributed by atoms with Crippen molar-refractivity contribution in [2.45, 2.75) is 13.8 Å². The van der Waals surface area contributed by atoms with Crippen LogP contribution >= 0.6 is 0 Å². The zero-order valence-corrected chi connectivity index (χ0v) is 20.1. The third-order valence-electron chi connectivity index (χ3n) is 5.38. The maximum Gasteiger partial charge on any atom is 0.338 e. The molecule has 4 rings (SSSR count). The lowest BCUT2D eigenvalue weighted by Crippen LogP contribution is -2.22. The number of fused-ring (bicyclic) bond motifs is 1. The Hall–Kier alpha value is -4.59. The minimum absolute atomic E-state index is 0.0638. The normalized spacial score (nSPS) is 10.6. The molecule has 3 aromatic carbocycles. The van der Waals surface area contributed by atoms with E-state index in [1.807, 2.05) is 13.0 Å². The predicted molar refractivity (Wildman–Crippen MR) is 136 cm³/mol. The molecule has 0 spiro atoms. The molecule has 0 bridgehead atoms. The minimum Gasteiger partial charge on any atom is -0.497 e. The van der Waals surface area contributed by atoms with Crippen LogP contribution in [0.15, 0.2) is 75.9 Å². The molecule has 36 heavy (non-hydrogen) atoms. The molecule has 0 unspecified atom stereocenters. The van der Waals surface area contributed by atoms with Crippen LogP contribution in [0.1, 0.15) is 22.8 Å². The molecule has 0 saturated heterocycles. The van der Waals surface area contributed by atoms with E-state index in [9.17, 15) is 14.4 Å². The van der Waals surface area contributed by atoms with Gasteiger partial charge >= 0.3 is 5.97 Å². The number of aryl methyl sites for hydroxylation is 1. The number of benzene rings is 3. The molecule has 1 amide bonds. The second-order valence-electron chi connectivity index (χ2n) is 7.95. The summed E-state index contributed by atoms with van der Waals surface area (Å²) in [6.45, 7) is 3.45. The molecule has 0 aliphatic carbocycles. The Morgan fingerprint density at radius 3 is 2.36 bits per heavy atom. The Morgan fingerprint density at radius 1 is 0.972 bits per heavy atom. The van der Waals surface area contributed by atoms with Crippen molar-refractivity contribution in [3.05, 3.63) is 88.1 Å². The molecule has 0 radical (unpaired) electrons. The third-order valence-corrected chi connectivity index (χ3v) is 5.38. The molecule has 1 aromatic heterocycles. The third kappa shape index (κ3) is 5.38. The highest BCUT2D eigenvalue weighted by Gasteiger charge is 2.19. The minimum atomic E-state index is -0.483. The van der Waals surface area contributed by atoms with Gasteiger partial charge in [-0.3, -0.25) is 9.59 Å². The van der Waals surface area contributed by atoms with Crippen molar-refractivity contribution < 1.29 is 28.2 Å². The second kappa shape index (κ2) is 10.8. The van der Waals surface area contributed by atoms with Crippen LogP contribution in [-0.2, 0) is 9.53 Å². The van der Waals surface area contributed by atoms with Gasteiger partial charge < -0.3 is 23.9 Å². The maximum atomic E-state index is 13.3. The van der Waals surface area contributed by atoms with Crippen LogP contribution < -0.4 is 20.2 Å². The van der Waals surface area contributed by atoms with Crippen LogP contribution in [0.3, 0.4) is 0 Å². The topological polar surface area (TPSA) is 104 Å². The molecule has 8 heteroatoms. The first-order chi connectivity index (χ1) is 17.4. The van der Waals surface area contributed by atoms with Crippen LogP contribution in [0.5, 0.6) is 11.5 Å². The van der Waals surface area contributed by atoms with E-state index < -0.39 is 18.5 Å². The summed E-state index contributed by atoms with van der Waals surface area (Å²) < 4.78 is 21.9. The van der Waals surface area contributed by atoms with Crippen LogP contribution in [0, 0.1) is 6.92 Å². The van der Waals surface area contributed by atoms with Crippen molar-refractivity contribution in [2.24, 2.45) is 0 Å². The fourth-order valence-corrected chi connectivity index (χ4v) is 3.59. The number of ether oxygens (including phenoxy) is 3. The Labute approximate surface area is 207 Å². The fourth-order valence-electron chi connectivity index (χ4n) is 3.59. The molecule has 0 aliphatic rings. The van der Waals surface area contributed by atoms with Gasteiger partial charge in [0.15, 0.2) is 12.4 Å². The van der Waals surface area contributed by atoms with Crippen molar-refractivity contribution >= 4 is 28.5 Å². The second-order valence-corrected chi connectivity index (χ2v) is 7.95. The summed E-state index contributed by atoms with van der Waals surface area (Å²) >= 11 is 0. The van der Waals surface area contributed by atoms with E-state index >= 15 is 0 Å². The van der Waals surface area contributed by atoms with E-state index in [1.54, 1.807) is 74.7 Å². The highest BCUT2D eigenvalue weighted by Crippen LogP contribution is 2.32. The predicted octanol–water partition coefficient (Wildman–Crippen LogP) is 4.97. The molecule has 8 nitrogen and oxygen atoms in total. The van der Waals surface area contributed by atoms with Crippen molar-refractivity contribution in [3.8, 4) is 22.8 Å². The molecule has 0 fully saturated rings. The number of hydrogen-bond donors (Lipinski definition) is 1. The van der Waals surface area contributed by atoms with Gasteiger partial charge in [-0.05, 0) is 74.5 Å². The molecule has 0 atom stereocenters. The number of esters is 1. The lowest BCUT2D eigenvalue weighted by atomic mass is 10.1. The van der Waals surface area contributed by atoms with Crippen molar-refractivity contribution in [3.63, 3.8) is 0 Å². The number of methoxy groups -OCH3 is 1. The van der Waals surface area contributed by atoms with Gasteiger partial charge in [-0.1, -0.05) is 11.6 Å². The summed E-state index contributed by atoms with van der Waals surface area (Å²) in [6, 6.07) is 18.5. The molecule has 0 aliphatic heterocycles. The molecule has 4 aromatic rings. The van der Waals surface area contributed by atoms with Gasteiger partial charge in [0.2, 0.25) is 11.2 Å². The zero-order chi connectivity index (χ0) is 25.7. The van der Waals surface area contributed by atoms with E-state index in [-0.39, 0.29) is 23.5 Å². The molecule has 184 valence electrons. The highest BCUT2D eigenvalue weighted by atomic mass is 16.5. The van der Waals surface area contributed by atoms with Crippen LogP contribution in [0.2, 0.25) is 0 Å². The molecule has 0 saturated carbocycles. The van der Waals surface area contributed by atoms with E-state index in [1.165, 1.54) is 0 Å². The Bertz CT molecular complexity index is 1450. The van der Waals surface area contributed by atoms with Gasteiger partial charge in [0.05, 0.1) is 24.7 Å². The quantitative estimate of drug-likeness (QED) is 0.350. The van der Waals surface area contributed by atoms with E-state index in [0.29, 0.717) is 33.5 Å². The average molecular weight is 488 g/mol. The van der Waals surface area contributed by atoms with E-state index in [0.717, 1.165) is 5.56 Å². The first kappa shape index (κ1) is 24.5. The number of amides is 1. The van der Waals surface area contributed by atoms with Gasteiger partial charge in [0, 0.05) is 11.3 Å². The summed E-state index contributed by atoms with van der Waals surface area (Å²) in [7, 11) is 1.56. The Balaban J connectivity index is 1.58. The number of hydrogen-bond acceptors (Lipinski definition) is 7. The van der Waals surface area contributed by atoms with Crippen LogP contribution in [0.25, 0.3) is 22.3 Å². The van der Waals surface area contributed by atoms with E-state index in [2.05, 4.69) is 5.32 Å². The number of nitrogens with one attached hydrogen (secondary N) is 1. The number of carbonyl (C=O) groups is 2. The number of carbonyl (C=O) groups excluding carboxylic acids is 2. The largest absolute Gasteiger partial charge is 0.497 e.